The predicted octanol–water partition coefficient (Wildman–Crippen LogP) is 1.70. The van der Waals surface area contributed by atoms with Gasteiger partial charge >= 0.3 is 0 Å². The Morgan fingerprint density at radius 3 is 2.58 bits per heavy atom. The third-order valence-electron chi connectivity index (χ3n) is 4.89. The van der Waals surface area contributed by atoms with Gasteiger partial charge in [0.05, 0.1) is 6.61 Å². The molecule has 1 saturated heterocycles. The fraction of sp³-hybridized carbons (Fsp3) is 0.737. The predicted molar refractivity (Wildman–Crippen MR) is 103 cm³/mol. The van der Waals surface area contributed by atoms with Crippen LogP contribution in [0.4, 0.5) is 5.82 Å². The fourth-order valence-electron chi connectivity index (χ4n) is 3.46. The van der Waals surface area contributed by atoms with E-state index in [1.807, 2.05) is 24.8 Å². The van der Waals surface area contributed by atoms with Gasteiger partial charge in [0, 0.05) is 50.5 Å². The number of aryl methyl sites for hydroxylation is 1. The fourth-order valence-corrected chi connectivity index (χ4v) is 3.46. The van der Waals surface area contributed by atoms with Crippen molar-refractivity contribution in [2.24, 2.45) is 5.73 Å². The first-order valence-corrected chi connectivity index (χ1v) is 9.52. The standard InChI is InChI=1S/C19H33N5O2/c1-6-24(19(25)16(20)12-26-5)15-7-9-23(10-8-15)17-11-14(4)21-18(22-17)13(2)3/h11,13,15-16H,6-10,12,20H2,1-5H3. The summed E-state index contributed by atoms with van der Waals surface area (Å²) in [4.78, 5) is 26.0. The van der Waals surface area contributed by atoms with E-state index in [0.717, 1.165) is 43.3 Å². The van der Waals surface area contributed by atoms with Crippen LogP contribution in [0.3, 0.4) is 0 Å². The molecular formula is C19H33N5O2. The lowest BCUT2D eigenvalue weighted by Gasteiger charge is -2.39. The molecule has 1 aliphatic rings. The lowest BCUT2D eigenvalue weighted by atomic mass is 10.0. The molecule has 1 aromatic heterocycles. The van der Waals surface area contributed by atoms with E-state index >= 15 is 0 Å². The van der Waals surface area contributed by atoms with Gasteiger partial charge in [-0.2, -0.15) is 0 Å². The number of carbonyl (C=O) groups excluding carboxylic acids is 1. The van der Waals surface area contributed by atoms with Crippen LogP contribution in [-0.2, 0) is 9.53 Å². The van der Waals surface area contributed by atoms with E-state index in [1.54, 1.807) is 7.11 Å². The molecule has 0 radical (unpaired) electrons. The molecule has 1 unspecified atom stereocenters. The van der Waals surface area contributed by atoms with E-state index in [9.17, 15) is 4.79 Å². The zero-order valence-electron chi connectivity index (χ0n) is 16.7. The highest BCUT2D eigenvalue weighted by atomic mass is 16.5. The minimum Gasteiger partial charge on any atom is -0.383 e. The minimum atomic E-state index is -0.587. The van der Waals surface area contributed by atoms with Crippen LogP contribution in [-0.4, -0.2) is 66.2 Å². The molecule has 7 nitrogen and oxygen atoms in total. The number of anilines is 1. The van der Waals surface area contributed by atoms with Crippen LogP contribution in [0.5, 0.6) is 0 Å². The van der Waals surface area contributed by atoms with Gasteiger partial charge in [-0.1, -0.05) is 13.8 Å². The zero-order valence-corrected chi connectivity index (χ0v) is 16.7. The monoisotopic (exact) mass is 363 g/mol. The minimum absolute atomic E-state index is 0.0206. The number of nitrogens with two attached hydrogens (primary N) is 1. The topological polar surface area (TPSA) is 84.6 Å². The molecule has 7 heteroatoms. The highest BCUT2D eigenvalue weighted by Crippen LogP contribution is 2.23. The first kappa shape index (κ1) is 20.6. The average molecular weight is 364 g/mol. The highest BCUT2D eigenvalue weighted by molar-refractivity contribution is 5.82. The molecule has 1 amide bonds. The number of ether oxygens (including phenoxy) is 1. The maximum atomic E-state index is 12.6. The molecule has 2 heterocycles. The molecular weight excluding hydrogens is 330 g/mol. The summed E-state index contributed by atoms with van der Waals surface area (Å²) in [5.41, 5.74) is 6.94. The van der Waals surface area contributed by atoms with Gasteiger partial charge in [0.1, 0.15) is 17.7 Å². The number of piperidine rings is 1. The summed E-state index contributed by atoms with van der Waals surface area (Å²) >= 11 is 0. The highest BCUT2D eigenvalue weighted by Gasteiger charge is 2.30. The van der Waals surface area contributed by atoms with Crippen LogP contribution in [0.2, 0.25) is 0 Å². The molecule has 26 heavy (non-hydrogen) atoms. The molecule has 146 valence electrons. The Hall–Kier alpha value is -1.73. The van der Waals surface area contributed by atoms with E-state index in [1.165, 1.54) is 0 Å². The second-order valence-electron chi connectivity index (χ2n) is 7.28. The number of hydrogen-bond donors (Lipinski definition) is 1. The molecule has 0 aromatic carbocycles. The summed E-state index contributed by atoms with van der Waals surface area (Å²) in [7, 11) is 1.57. The lowest BCUT2D eigenvalue weighted by Crippen LogP contribution is -2.53. The number of hydrogen-bond acceptors (Lipinski definition) is 6. The van der Waals surface area contributed by atoms with Crippen molar-refractivity contribution in [1.29, 1.82) is 0 Å². The molecule has 0 saturated carbocycles. The Bertz CT molecular complexity index is 600. The number of carbonyl (C=O) groups is 1. The smallest absolute Gasteiger partial charge is 0.242 e. The van der Waals surface area contributed by atoms with Crippen molar-refractivity contribution < 1.29 is 9.53 Å². The van der Waals surface area contributed by atoms with Crippen LogP contribution >= 0.6 is 0 Å². The third kappa shape index (κ3) is 4.92. The average Bonchev–Trinajstić information content (AvgIpc) is 2.62. The number of aromatic nitrogens is 2. The van der Waals surface area contributed by atoms with E-state index in [-0.39, 0.29) is 18.6 Å². The van der Waals surface area contributed by atoms with Crippen LogP contribution in [0, 0.1) is 6.92 Å². The van der Waals surface area contributed by atoms with Crippen LogP contribution in [0.1, 0.15) is 51.0 Å². The van der Waals surface area contributed by atoms with Crippen LogP contribution in [0.25, 0.3) is 0 Å². The first-order valence-electron chi connectivity index (χ1n) is 9.52. The maximum Gasteiger partial charge on any atom is 0.242 e. The van der Waals surface area contributed by atoms with Gasteiger partial charge in [-0.05, 0) is 26.7 Å². The third-order valence-corrected chi connectivity index (χ3v) is 4.89. The summed E-state index contributed by atoms with van der Waals surface area (Å²) in [6, 6.07) is 1.68. The van der Waals surface area contributed by atoms with Crippen molar-refractivity contribution in [3.63, 3.8) is 0 Å². The van der Waals surface area contributed by atoms with Crippen LogP contribution in [0.15, 0.2) is 6.07 Å². The van der Waals surface area contributed by atoms with Gasteiger partial charge in [0.25, 0.3) is 0 Å². The molecule has 0 bridgehead atoms. The maximum absolute atomic E-state index is 12.6. The Balaban J connectivity index is 2.03. The summed E-state index contributed by atoms with van der Waals surface area (Å²) in [5.74, 6) is 2.16. The Morgan fingerprint density at radius 2 is 2.04 bits per heavy atom. The number of methoxy groups -OCH3 is 1. The van der Waals surface area contributed by atoms with Crippen molar-refractivity contribution >= 4 is 11.7 Å². The summed E-state index contributed by atoms with van der Waals surface area (Å²) in [6.45, 7) is 10.9. The zero-order chi connectivity index (χ0) is 19.3. The Morgan fingerprint density at radius 1 is 1.38 bits per heavy atom. The van der Waals surface area contributed by atoms with Gasteiger partial charge in [-0.15, -0.1) is 0 Å². The number of amides is 1. The molecule has 1 aliphatic heterocycles. The lowest BCUT2D eigenvalue weighted by molar-refractivity contribution is -0.136. The van der Waals surface area contributed by atoms with Crippen molar-refractivity contribution in [2.45, 2.75) is 58.5 Å². The Labute approximate surface area is 156 Å². The van der Waals surface area contributed by atoms with E-state index < -0.39 is 6.04 Å². The van der Waals surface area contributed by atoms with Crippen molar-refractivity contribution in [3.05, 3.63) is 17.6 Å². The van der Waals surface area contributed by atoms with E-state index in [4.69, 9.17) is 15.5 Å². The molecule has 0 aliphatic carbocycles. The van der Waals surface area contributed by atoms with Gasteiger partial charge in [0.15, 0.2) is 0 Å². The Kier molecular flexibility index (Phi) is 7.34. The second kappa shape index (κ2) is 9.28. The van der Waals surface area contributed by atoms with Crippen LogP contribution < -0.4 is 10.6 Å². The summed E-state index contributed by atoms with van der Waals surface area (Å²) in [6.07, 6.45) is 1.83. The molecule has 1 aromatic rings. The second-order valence-corrected chi connectivity index (χ2v) is 7.28. The molecule has 1 fully saturated rings. The molecule has 0 spiro atoms. The molecule has 1 atom stereocenters. The number of likely N-dealkylation sites (N-methyl/N-ethyl adjacent to an activating group) is 1. The quantitative estimate of drug-likeness (QED) is 0.794. The number of rotatable bonds is 7. The summed E-state index contributed by atoms with van der Waals surface area (Å²) < 4.78 is 5.03. The summed E-state index contributed by atoms with van der Waals surface area (Å²) in [5, 5.41) is 0. The normalized spacial score (nSPS) is 16.8. The van der Waals surface area contributed by atoms with Crippen molar-refractivity contribution in [1.82, 2.24) is 14.9 Å². The van der Waals surface area contributed by atoms with Gasteiger partial charge in [-0.25, -0.2) is 9.97 Å². The van der Waals surface area contributed by atoms with Crippen molar-refractivity contribution in [3.8, 4) is 0 Å². The van der Waals surface area contributed by atoms with Gasteiger partial charge in [-0.3, -0.25) is 4.79 Å². The largest absolute Gasteiger partial charge is 0.383 e. The number of nitrogens with zero attached hydrogens (tertiary/aromatic N) is 4. The van der Waals surface area contributed by atoms with E-state index in [0.29, 0.717) is 12.5 Å². The van der Waals surface area contributed by atoms with Gasteiger partial charge in [0.2, 0.25) is 5.91 Å². The SMILES string of the molecule is CCN(C(=O)C(N)COC)C1CCN(c2cc(C)nc(C(C)C)n2)CC1. The molecule has 2 rings (SSSR count). The van der Waals surface area contributed by atoms with Gasteiger partial charge < -0.3 is 20.3 Å². The first-order chi connectivity index (χ1) is 12.4. The van der Waals surface area contributed by atoms with E-state index in [2.05, 4.69) is 23.7 Å². The molecule has 2 N–H and O–H groups in total. The van der Waals surface area contributed by atoms with Crippen molar-refractivity contribution in [2.75, 3.05) is 38.3 Å².